The molecule has 2 nitrogen and oxygen atoms in total. The van der Waals surface area contributed by atoms with Gasteiger partial charge in [-0.15, -0.1) is 0 Å². The van der Waals surface area contributed by atoms with Crippen LogP contribution in [0.25, 0.3) is 0 Å². The van der Waals surface area contributed by atoms with Crippen LogP contribution >= 0.6 is 11.8 Å². The van der Waals surface area contributed by atoms with Gasteiger partial charge in [-0.25, -0.2) is 4.98 Å². The molecule has 0 fully saturated rings. The summed E-state index contributed by atoms with van der Waals surface area (Å²) in [4.78, 5) is 6.56. The molecular weight excluding hydrogens is 218 g/mol. The smallest absolute Gasteiger partial charge is 0.213 e. The lowest BCUT2D eigenvalue weighted by Gasteiger charge is -2.03. The first-order valence-electron chi connectivity index (χ1n) is 5.20. The molecular formula is C13H13NOS. The second-order valence-corrected chi connectivity index (χ2v) is 4.33. The highest BCUT2D eigenvalue weighted by Crippen LogP contribution is 2.27. The lowest BCUT2D eigenvalue weighted by molar-refractivity contribution is 0.326. The van der Waals surface area contributed by atoms with Gasteiger partial charge in [0.05, 0.1) is 6.61 Å². The number of hydrogen-bond donors (Lipinski definition) is 0. The number of rotatable bonds is 4. The highest BCUT2D eigenvalue weighted by Gasteiger charge is 1.98. The summed E-state index contributed by atoms with van der Waals surface area (Å²) in [6.45, 7) is 2.60. The Labute approximate surface area is 99.7 Å². The molecule has 2 aromatic rings. The molecule has 0 saturated heterocycles. The summed E-state index contributed by atoms with van der Waals surface area (Å²) in [6.07, 6.45) is 1.84. The summed E-state index contributed by atoms with van der Waals surface area (Å²) in [5.41, 5.74) is 0. The zero-order chi connectivity index (χ0) is 11.2. The maximum atomic E-state index is 5.29. The van der Waals surface area contributed by atoms with Gasteiger partial charge >= 0.3 is 0 Å². The fourth-order valence-electron chi connectivity index (χ4n) is 1.28. The van der Waals surface area contributed by atoms with Gasteiger partial charge in [0.15, 0.2) is 0 Å². The molecule has 1 aromatic carbocycles. The van der Waals surface area contributed by atoms with Crippen molar-refractivity contribution >= 4 is 11.8 Å². The molecule has 0 spiro atoms. The van der Waals surface area contributed by atoms with Gasteiger partial charge < -0.3 is 4.74 Å². The molecule has 0 aliphatic carbocycles. The first-order valence-corrected chi connectivity index (χ1v) is 6.02. The van der Waals surface area contributed by atoms with Gasteiger partial charge in [-0.2, -0.15) is 0 Å². The number of hydrogen-bond acceptors (Lipinski definition) is 3. The fourth-order valence-corrected chi connectivity index (χ4v) is 2.09. The number of ether oxygens (including phenoxy) is 1. The van der Waals surface area contributed by atoms with Crippen molar-refractivity contribution in [3.05, 3.63) is 48.7 Å². The van der Waals surface area contributed by atoms with Crippen LogP contribution in [0.4, 0.5) is 0 Å². The first kappa shape index (κ1) is 11.0. The third kappa shape index (κ3) is 3.00. The molecule has 1 heterocycles. The average Bonchev–Trinajstić information content (AvgIpc) is 2.33. The van der Waals surface area contributed by atoms with Gasteiger partial charge in [-0.1, -0.05) is 30.0 Å². The Kier molecular flexibility index (Phi) is 3.83. The SMILES string of the molecule is CCOc1ccc(Sc2ccccc2)cn1. The van der Waals surface area contributed by atoms with Gasteiger partial charge in [-0.3, -0.25) is 0 Å². The summed E-state index contributed by atoms with van der Waals surface area (Å²) in [5.74, 6) is 0.680. The van der Waals surface area contributed by atoms with E-state index in [4.69, 9.17) is 4.74 Å². The summed E-state index contributed by atoms with van der Waals surface area (Å²) in [6, 6.07) is 14.2. The van der Waals surface area contributed by atoms with Crippen molar-refractivity contribution in [2.75, 3.05) is 6.61 Å². The third-order valence-electron chi connectivity index (χ3n) is 1.98. The molecule has 0 aliphatic rings. The van der Waals surface area contributed by atoms with Crippen LogP contribution in [0.5, 0.6) is 5.88 Å². The van der Waals surface area contributed by atoms with E-state index < -0.39 is 0 Å². The highest BCUT2D eigenvalue weighted by molar-refractivity contribution is 7.99. The molecule has 0 N–H and O–H groups in total. The Balaban J connectivity index is 2.05. The topological polar surface area (TPSA) is 22.1 Å². The normalized spacial score (nSPS) is 10.1. The van der Waals surface area contributed by atoms with Crippen molar-refractivity contribution in [1.29, 1.82) is 0 Å². The molecule has 3 heteroatoms. The van der Waals surface area contributed by atoms with Crippen LogP contribution in [0, 0.1) is 0 Å². The third-order valence-corrected chi connectivity index (χ3v) is 2.97. The highest BCUT2D eigenvalue weighted by atomic mass is 32.2. The average molecular weight is 231 g/mol. The zero-order valence-electron chi connectivity index (χ0n) is 9.09. The van der Waals surface area contributed by atoms with Crippen molar-refractivity contribution < 1.29 is 4.74 Å². The summed E-state index contributed by atoms with van der Waals surface area (Å²) < 4.78 is 5.29. The van der Waals surface area contributed by atoms with E-state index in [9.17, 15) is 0 Å². The minimum atomic E-state index is 0.651. The molecule has 0 unspecified atom stereocenters. The van der Waals surface area contributed by atoms with Crippen molar-refractivity contribution in [3.8, 4) is 5.88 Å². The number of benzene rings is 1. The van der Waals surface area contributed by atoms with Crippen molar-refractivity contribution in [2.45, 2.75) is 16.7 Å². The predicted molar refractivity (Wildman–Crippen MR) is 66.0 cm³/mol. The van der Waals surface area contributed by atoms with Crippen LogP contribution in [0.3, 0.4) is 0 Å². The predicted octanol–water partition coefficient (Wildman–Crippen LogP) is 3.63. The summed E-state index contributed by atoms with van der Waals surface area (Å²) in [7, 11) is 0. The van der Waals surface area contributed by atoms with E-state index in [2.05, 4.69) is 17.1 Å². The number of aromatic nitrogens is 1. The minimum Gasteiger partial charge on any atom is -0.478 e. The first-order chi connectivity index (χ1) is 7.88. The van der Waals surface area contributed by atoms with E-state index in [0.717, 1.165) is 4.90 Å². The molecule has 0 aliphatic heterocycles. The lowest BCUT2D eigenvalue weighted by Crippen LogP contribution is -1.93. The van der Waals surface area contributed by atoms with E-state index in [1.54, 1.807) is 11.8 Å². The molecule has 0 radical (unpaired) electrons. The van der Waals surface area contributed by atoms with Crippen LogP contribution in [0.1, 0.15) is 6.92 Å². The lowest BCUT2D eigenvalue weighted by atomic mass is 10.4. The molecule has 0 saturated carbocycles. The second kappa shape index (κ2) is 5.56. The maximum absolute atomic E-state index is 5.29. The van der Waals surface area contributed by atoms with E-state index in [1.807, 2.05) is 43.5 Å². The van der Waals surface area contributed by atoms with Gasteiger partial charge in [-0.05, 0) is 25.1 Å². The molecule has 0 atom stereocenters. The second-order valence-electron chi connectivity index (χ2n) is 3.18. The van der Waals surface area contributed by atoms with Gasteiger partial charge in [0, 0.05) is 22.1 Å². The van der Waals surface area contributed by atoms with Crippen LogP contribution in [-0.2, 0) is 0 Å². The quantitative estimate of drug-likeness (QED) is 0.802. The monoisotopic (exact) mass is 231 g/mol. The Morgan fingerprint density at radius 1 is 1.06 bits per heavy atom. The molecule has 0 bridgehead atoms. The van der Waals surface area contributed by atoms with E-state index in [1.165, 1.54) is 4.90 Å². The van der Waals surface area contributed by atoms with Crippen LogP contribution in [0.15, 0.2) is 58.5 Å². The number of pyridine rings is 1. The summed E-state index contributed by atoms with van der Waals surface area (Å²) in [5, 5.41) is 0. The largest absolute Gasteiger partial charge is 0.478 e. The van der Waals surface area contributed by atoms with Gasteiger partial charge in [0.2, 0.25) is 5.88 Å². The Hall–Kier alpha value is -1.48. The Morgan fingerprint density at radius 3 is 2.50 bits per heavy atom. The Bertz CT molecular complexity index is 427. The standard InChI is InChI=1S/C13H13NOS/c1-2-15-13-9-8-12(10-14-13)16-11-6-4-3-5-7-11/h3-10H,2H2,1H3. The van der Waals surface area contributed by atoms with E-state index in [0.29, 0.717) is 12.5 Å². The number of nitrogens with zero attached hydrogens (tertiary/aromatic N) is 1. The van der Waals surface area contributed by atoms with Crippen LogP contribution in [0.2, 0.25) is 0 Å². The minimum absolute atomic E-state index is 0.651. The van der Waals surface area contributed by atoms with E-state index >= 15 is 0 Å². The molecule has 0 amide bonds. The Morgan fingerprint density at radius 2 is 1.88 bits per heavy atom. The van der Waals surface area contributed by atoms with Gasteiger partial charge in [0.25, 0.3) is 0 Å². The van der Waals surface area contributed by atoms with Gasteiger partial charge in [0.1, 0.15) is 0 Å². The van der Waals surface area contributed by atoms with Crippen molar-refractivity contribution in [1.82, 2.24) is 4.98 Å². The molecule has 1 aromatic heterocycles. The summed E-state index contributed by atoms with van der Waals surface area (Å²) >= 11 is 1.70. The maximum Gasteiger partial charge on any atom is 0.213 e. The van der Waals surface area contributed by atoms with Crippen molar-refractivity contribution in [2.24, 2.45) is 0 Å². The van der Waals surface area contributed by atoms with Crippen LogP contribution < -0.4 is 4.74 Å². The zero-order valence-corrected chi connectivity index (χ0v) is 9.91. The van der Waals surface area contributed by atoms with E-state index in [-0.39, 0.29) is 0 Å². The molecule has 16 heavy (non-hydrogen) atoms. The molecule has 82 valence electrons. The van der Waals surface area contributed by atoms with Crippen LogP contribution in [-0.4, -0.2) is 11.6 Å². The van der Waals surface area contributed by atoms with Crippen molar-refractivity contribution in [3.63, 3.8) is 0 Å². The fraction of sp³-hybridized carbons (Fsp3) is 0.154. The molecule has 2 rings (SSSR count).